The zero-order valence-corrected chi connectivity index (χ0v) is 12.3. The summed E-state index contributed by atoms with van der Waals surface area (Å²) in [5.74, 6) is 0.0838. The minimum atomic E-state index is -0.148. The Bertz CT molecular complexity index is 641. The van der Waals surface area contributed by atoms with Gasteiger partial charge in [-0.05, 0) is 43.2 Å². The van der Waals surface area contributed by atoms with Crippen LogP contribution >= 0.6 is 0 Å². The summed E-state index contributed by atoms with van der Waals surface area (Å²) >= 11 is 0. The highest BCUT2D eigenvalue weighted by molar-refractivity contribution is 6.01. The van der Waals surface area contributed by atoms with Crippen molar-refractivity contribution in [3.05, 3.63) is 59.9 Å². The van der Waals surface area contributed by atoms with E-state index in [2.05, 4.69) is 24.1 Å². The molecule has 0 fully saturated rings. The molecule has 1 aromatic carbocycles. The molecule has 0 unspecified atom stereocenters. The van der Waals surface area contributed by atoms with Gasteiger partial charge in [0.2, 0.25) is 0 Å². The van der Waals surface area contributed by atoms with E-state index >= 15 is 0 Å². The predicted molar refractivity (Wildman–Crippen MR) is 83.0 cm³/mol. The molecule has 0 aliphatic carbocycles. The molecule has 3 rings (SSSR count). The van der Waals surface area contributed by atoms with Gasteiger partial charge in [0, 0.05) is 24.1 Å². The van der Waals surface area contributed by atoms with Crippen molar-refractivity contribution in [2.75, 3.05) is 5.32 Å². The number of anilines is 1. The standard InChI is InChI=1S/C17H19N3O/c1-3-12(2)20-16(13-8-10-18-11-9-13)19-15-7-5-4-6-14(15)17(20)21/h4-12,16,19H,3H2,1-2H3/t12-,16-/m0/s1. The number of carbonyl (C=O) groups is 1. The van der Waals surface area contributed by atoms with Crippen LogP contribution in [-0.4, -0.2) is 21.8 Å². The summed E-state index contributed by atoms with van der Waals surface area (Å²) in [5, 5.41) is 3.49. The van der Waals surface area contributed by atoms with Gasteiger partial charge in [0.1, 0.15) is 6.17 Å². The van der Waals surface area contributed by atoms with Crippen molar-refractivity contribution in [3.8, 4) is 0 Å². The topological polar surface area (TPSA) is 45.2 Å². The quantitative estimate of drug-likeness (QED) is 0.937. The number of fused-ring (bicyclic) bond motifs is 1. The van der Waals surface area contributed by atoms with Gasteiger partial charge in [-0.1, -0.05) is 19.1 Å². The maximum atomic E-state index is 12.9. The molecule has 1 aliphatic rings. The van der Waals surface area contributed by atoms with Crippen LogP contribution in [0.3, 0.4) is 0 Å². The normalized spacial score (nSPS) is 18.9. The van der Waals surface area contributed by atoms with E-state index in [4.69, 9.17) is 0 Å². The third-order valence-corrected chi connectivity index (χ3v) is 4.05. The second kappa shape index (κ2) is 5.56. The number of nitrogens with zero attached hydrogens (tertiary/aromatic N) is 2. The summed E-state index contributed by atoms with van der Waals surface area (Å²) < 4.78 is 0. The van der Waals surface area contributed by atoms with Crippen LogP contribution in [0.1, 0.15) is 42.4 Å². The molecular weight excluding hydrogens is 262 g/mol. The van der Waals surface area contributed by atoms with Gasteiger partial charge in [-0.25, -0.2) is 0 Å². The van der Waals surface area contributed by atoms with Crippen LogP contribution in [0.15, 0.2) is 48.8 Å². The fourth-order valence-corrected chi connectivity index (χ4v) is 2.71. The Labute approximate surface area is 124 Å². The largest absolute Gasteiger partial charge is 0.361 e. The molecule has 2 aromatic rings. The van der Waals surface area contributed by atoms with E-state index in [9.17, 15) is 4.79 Å². The average molecular weight is 281 g/mol. The monoisotopic (exact) mass is 281 g/mol. The second-order valence-corrected chi connectivity index (χ2v) is 5.34. The van der Waals surface area contributed by atoms with Gasteiger partial charge in [0.25, 0.3) is 5.91 Å². The van der Waals surface area contributed by atoms with E-state index in [0.717, 1.165) is 23.2 Å². The first kappa shape index (κ1) is 13.6. The third kappa shape index (κ3) is 2.37. The number of rotatable bonds is 3. The van der Waals surface area contributed by atoms with Gasteiger partial charge in [0.15, 0.2) is 0 Å². The van der Waals surface area contributed by atoms with Gasteiger partial charge in [-0.15, -0.1) is 0 Å². The minimum Gasteiger partial charge on any atom is -0.361 e. The van der Waals surface area contributed by atoms with Crippen LogP contribution in [0.4, 0.5) is 5.69 Å². The highest BCUT2D eigenvalue weighted by Crippen LogP contribution is 2.34. The van der Waals surface area contributed by atoms with Crippen molar-refractivity contribution in [1.82, 2.24) is 9.88 Å². The summed E-state index contributed by atoms with van der Waals surface area (Å²) in [7, 11) is 0. The van der Waals surface area contributed by atoms with Gasteiger partial charge in [-0.2, -0.15) is 0 Å². The molecule has 1 aromatic heterocycles. The summed E-state index contributed by atoms with van der Waals surface area (Å²) in [5.41, 5.74) is 2.68. The molecule has 0 saturated heterocycles. The molecule has 2 heterocycles. The molecule has 108 valence electrons. The number of para-hydroxylation sites is 1. The number of pyridine rings is 1. The molecular formula is C17H19N3O. The summed E-state index contributed by atoms with van der Waals surface area (Å²) in [6.07, 6.45) is 4.29. The Kier molecular flexibility index (Phi) is 3.60. The molecule has 0 bridgehead atoms. The lowest BCUT2D eigenvalue weighted by Crippen LogP contribution is -2.47. The molecule has 4 heteroatoms. The Balaban J connectivity index is 2.07. The lowest BCUT2D eigenvalue weighted by Gasteiger charge is -2.41. The van der Waals surface area contributed by atoms with Gasteiger partial charge in [-0.3, -0.25) is 9.78 Å². The molecule has 1 amide bonds. The molecule has 0 saturated carbocycles. The van der Waals surface area contributed by atoms with E-state index in [0.29, 0.717) is 0 Å². The van der Waals surface area contributed by atoms with Gasteiger partial charge in [0.05, 0.1) is 5.56 Å². The first-order valence-electron chi connectivity index (χ1n) is 7.30. The van der Waals surface area contributed by atoms with Crippen LogP contribution in [0, 0.1) is 0 Å². The number of carbonyl (C=O) groups excluding carboxylic acids is 1. The maximum absolute atomic E-state index is 12.9. The number of hydrogen-bond donors (Lipinski definition) is 1. The van der Waals surface area contributed by atoms with E-state index in [-0.39, 0.29) is 18.1 Å². The van der Waals surface area contributed by atoms with E-state index in [1.807, 2.05) is 41.3 Å². The third-order valence-electron chi connectivity index (χ3n) is 4.05. The Hall–Kier alpha value is -2.36. The fraction of sp³-hybridized carbons (Fsp3) is 0.294. The van der Waals surface area contributed by atoms with Crippen molar-refractivity contribution >= 4 is 11.6 Å². The van der Waals surface area contributed by atoms with Crippen LogP contribution in [-0.2, 0) is 0 Å². The number of aromatic nitrogens is 1. The molecule has 0 spiro atoms. The van der Waals surface area contributed by atoms with Crippen molar-refractivity contribution < 1.29 is 4.79 Å². The SMILES string of the molecule is CC[C@H](C)N1C(=O)c2ccccc2N[C@@H]1c1ccncc1. The lowest BCUT2D eigenvalue weighted by molar-refractivity contribution is 0.0593. The Morgan fingerprint density at radius 2 is 1.95 bits per heavy atom. The molecule has 4 nitrogen and oxygen atoms in total. The molecule has 1 N–H and O–H groups in total. The Morgan fingerprint density at radius 1 is 1.24 bits per heavy atom. The van der Waals surface area contributed by atoms with Crippen LogP contribution in [0.5, 0.6) is 0 Å². The smallest absolute Gasteiger partial charge is 0.258 e. The fourth-order valence-electron chi connectivity index (χ4n) is 2.71. The molecule has 1 aliphatic heterocycles. The van der Waals surface area contributed by atoms with E-state index in [1.165, 1.54) is 0 Å². The number of benzene rings is 1. The van der Waals surface area contributed by atoms with Gasteiger partial charge < -0.3 is 10.2 Å². The second-order valence-electron chi connectivity index (χ2n) is 5.34. The maximum Gasteiger partial charge on any atom is 0.258 e. The Morgan fingerprint density at radius 3 is 2.67 bits per heavy atom. The van der Waals surface area contributed by atoms with Crippen molar-refractivity contribution in [2.24, 2.45) is 0 Å². The first-order chi connectivity index (χ1) is 10.2. The minimum absolute atomic E-state index is 0.0838. The zero-order valence-electron chi connectivity index (χ0n) is 12.3. The predicted octanol–water partition coefficient (Wildman–Crippen LogP) is 3.45. The zero-order chi connectivity index (χ0) is 14.8. The highest BCUT2D eigenvalue weighted by Gasteiger charge is 2.35. The lowest BCUT2D eigenvalue weighted by atomic mass is 10.0. The molecule has 21 heavy (non-hydrogen) atoms. The molecule has 2 atom stereocenters. The first-order valence-corrected chi connectivity index (χ1v) is 7.30. The molecule has 0 radical (unpaired) electrons. The van der Waals surface area contributed by atoms with Crippen LogP contribution < -0.4 is 5.32 Å². The average Bonchev–Trinajstić information content (AvgIpc) is 2.55. The summed E-state index contributed by atoms with van der Waals surface area (Å²) in [4.78, 5) is 18.9. The van der Waals surface area contributed by atoms with Crippen LogP contribution in [0.25, 0.3) is 0 Å². The van der Waals surface area contributed by atoms with Crippen molar-refractivity contribution in [2.45, 2.75) is 32.5 Å². The van der Waals surface area contributed by atoms with Gasteiger partial charge >= 0.3 is 0 Å². The summed E-state index contributed by atoms with van der Waals surface area (Å²) in [6.45, 7) is 4.18. The number of amides is 1. The van der Waals surface area contributed by atoms with E-state index < -0.39 is 0 Å². The summed E-state index contributed by atoms with van der Waals surface area (Å²) in [6, 6.07) is 11.7. The van der Waals surface area contributed by atoms with Crippen molar-refractivity contribution in [3.63, 3.8) is 0 Å². The number of hydrogen-bond acceptors (Lipinski definition) is 3. The van der Waals surface area contributed by atoms with Crippen LogP contribution in [0.2, 0.25) is 0 Å². The van der Waals surface area contributed by atoms with Crippen molar-refractivity contribution in [1.29, 1.82) is 0 Å². The van der Waals surface area contributed by atoms with E-state index in [1.54, 1.807) is 12.4 Å². The number of nitrogens with one attached hydrogen (secondary N) is 1. The highest BCUT2D eigenvalue weighted by atomic mass is 16.2.